The third-order valence-corrected chi connectivity index (χ3v) is 5.56. The van der Waals surface area contributed by atoms with Crippen molar-refractivity contribution in [2.24, 2.45) is 0 Å². The van der Waals surface area contributed by atoms with Gasteiger partial charge in [0.25, 0.3) is 0 Å². The van der Waals surface area contributed by atoms with Gasteiger partial charge >= 0.3 is 11.9 Å². The second kappa shape index (κ2) is 10.7. The molecular formula is C29H23NO6. The molecule has 2 heterocycles. The largest absolute Gasteiger partial charge is 0.488 e. The second-order valence-electron chi connectivity index (χ2n) is 8.16. The van der Waals surface area contributed by atoms with Crippen LogP contribution in [0, 0.1) is 0 Å². The molecule has 4 aromatic rings. The van der Waals surface area contributed by atoms with Gasteiger partial charge in [0.1, 0.15) is 49.1 Å². The highest BCUT2D eigenvalue weighted by molar-refractivity contribution is 5.93. The highest BCUT2D eigenvalue weighted by Crippen LogP contribution is 2.23. The van der Waals surface area contributed by atoms with E-state index in [1.54, 1.807) is 66.7 Å². The quantitative estimate of drug-likeness (QED) is 0.317. The number of ether oxygens (including phenoxy) is 4. The van der Waals surface area contributed by atoms with E-state index in [9.17, 15) is 9.59 Å². The van der Waals surface area contributed by atoms with Crippen LogP contribution in [0.3, 0.4) is 0 Å². The van der Waals surface area contributed by atoms with E-state index >= 15 is 0 Å². The van der Waals surface area contributed by atoms with Crippen molar-refractivity contribution in [3.8, 4) is 11.5 Å². The molecule has 0 saturated carbocycles. The van der Waals surface area contributed by atoms with Gasteiger partial charge in [0, 0.05) is 0 Å². The Labute approximate surface area is 208 Å². The molecule has 0 atom stereocenters. The lowest BCUT2D eigenvalue weighted by Crippen LogP contribution is -2.11. The van der Waals surface area contributed by atoms with Crippen molar-refractivity contribution in [1.29, 1.82) is 0 Å². The summed E-state index contributed by atoms with van der Waals surface area (Å²) in [6.07, 6.45) is 0. The van der Waals surface area contributed by atoms with Crippen LogP contribution >= 0.6 is 0 Å². The van der Waals surface area contributed by atoms with Crippen molar-refractivity contribution in [3.05, 3.63) is 125 Å². The molecule has 0 saturated heterocycles. The van der Waals surface area contributed by atoms with Crippen LogP contribution in [-0.2, 0) is 35.9 Å². The zero-order valence-corrected chi connectivity index (χ0v) is 19.4. The van der Waals surface area contributed by atoms with Gasteiger partial charge in [-0.25, -0.2) is 9.59 Å². The van der Waals surface area contributed by atoms with Crippen molar-refractivity contribution >= 4 is 11.9 Å². The molecule has 0 aliphatic carbocycles. The Morgan fingerprint density at radius 2 is 0.972 bits per heavy atom. The van der Waals surface area contributed by atoms with Crippen LogP contribution in [0.25, 0.3) is 0 Å². The van der Waals surface area contributed by atoms with E-state index in [0.717, 1.165) is 11.1 Å². The predicted molar refractivity (Wildman–Crippen MR) is 130 cm³/mol. The number of fused-ring (bicyclic) bond motifs is 6. The van der Waals surface area contributed by atoms with E-state index in [0.29, 0.717) is 34.0 Å². The lowest BCUT2D eigenvalue weighted by Gasteiger charge is -2.14. The lowest BCUT2D eigenvalue weighted by molar-refractivity contribution is 0.0458. The van der Waals surface area contributed by atoms with Crippen LogP contribution in [0.5, 0.6) is 11.5 Å². The molecule has 0 spiro atoms. The molecule has 1 aliphatic heterocycles. The minimum atomic E-state index is -0.516. The monoisotopic (exact) mass is 481 g/mol. The number of rotatable bonds is 0. The third-order valence-electron chi connectivity index (χ3n) is 5.56. The van der Waals surface area contributed by atoms with Gasteiger partial charge in [0.15, 0.2) is 0 Å². The molecule has 1 aliphatic rings. The molecule has 36 heavy (non-hydrogen) atoms. The van der Waals surface area contributed by atoms with Crippen LogP contribution < -0.4 is 9.47 Å². The Hall–Kier alpha value is -4.65. The summed E-state index contributed by atoms with van der Waals surface area (Å²) >= 11 is 0. The number of para-hydroxylation sites is 2. The number of hydrogen-bond donors (Lipinski definition) is 0. The fourth-order valence-electron chi connectivity index (χ4n) is 3.78. The molecule has 0 amide bonds. The summed E-state index contributed by atoms with van der Waals surface area (Å²) in [5.41, 5.74) is 3.53. The number of aromatic nitrogens is 1. The molecule has 0 unspecified atom stereocenters. The SMILES string of the molecule is O=C1OCc2cccc(n2)COC(=O)c2ccccc2OCc2cccc(c2)COc2ccccc21. The first kappa shape index (κ1) is 23.1. The fourth-order valence-corrected chi connectivity index (χ4v) is 3.78. The first-order chi connectivity index (χ1) is 17.7. The van der Waals surface area contributed by atoms with Gasteiger partial charge in [-0.2, -0.15) is 0 Å². The minimum absolute atomic E-state index is 0.0341. The normalized spacial score (nSPS) is 14.1. The van der Waals surface area contributed by atoms with Crippen LogP contribution in [0.2, 0.25) is 0 Å². The lowest BCUT2D eigenvalue weighted by atomic mass is 10.1. The van der Waals surface area contributed by atoms with Crippen LogP contribution in [0.1, 0.15) is 43.2 Å². The van der Waals surface area contributed by atoms with Crippen LogP contribution in [0.15, 0.2) is 91.0 Å². The average molecular weight is 482 g/mol. The number of cyclic esters (lactones) is 2. The van der Waals surface area contributed by atoms with E-state index in [1.807, 2.05) is 24.3 Å². The van der Waals surface area contributed by atoms with Gasteiger partial charge in [-0.1, -0.05) is 48.5 Å². The van der Waals surface area contributed by atoms with E-state index in [4.69, 9.17) is 18.9 Å². The molecule has 7 nitrogen and oxygen atoms in total. The van der Waals surface area contributed by atoms with E-state index in [1.165, 1.54) is 0 Å². The van der Waals surface area contributed by atoms with Gasteiger partial charge in [0.05, 0.1) is 11.4 Å². The standard InChI is InChI=1S/C29H23NO6/c31-28-24-11-1-3-13-26(24)33-16-20-7-5-8-21(15-20)17-34-27-14-4-2-12-25(27)29(32)36-19-23-10-6-9-22(30-23)18-35-28/h1-15H,16-19H2. The van der Waals surface area contributed by atoms with Gasteiger partial charge in [-0.05, 0) is 53.6 Å². The summed E-state index contributed by atoms with van der Waals surface area (Å²) in [5.74, 6) is -0.169. The maximum absolute atomic E-state index is 12.8. The Morgan fingerprint density at radius 3 is 1.50 bits per heavy atom. The first-order valence-corrected chi connectivity index (χ1v) is 11.5. The fraction of sp³-hybridized carbons (Fsp3) is 0.138. The summed E-state index contributed by atoms with van der Waals surface area (Å²) < 4.78 is 22.9. The Kier molecular flexibility index (Phi) is 6.89. The first-order valence-electron chi connectivity index (χ1n) is 11.5. The Bertz CT molecular complexity index is 1300. The summed E-state index contributed by atoms with van der Waals surface area (Å²) in [5, 5.41) is 0. The molecule has 0 N–H and O–H groups in total. The topological polar surface area (TPSA) is 84.0 Å². The smallest absolute Gasteiger partial charge is 0.342 e. The third kappa shape index (κ3) is 5.52. The molecule has 180 valence electrons. The molecule has 3 aromatic carbocycles. The molecule has 1 aromatic heterocycles. The van der Waals surface area contributed by atoms with E-state index < -0.39 is 11.9 Å². The van der Waals surface area contributed by atoms with Crippen LogP contribution in [-0.4, -0.2) is 16.9 Å². The van der Waals surface area contributed by atoms with Crippen LogP contribution in [0.4, 0.5) is 0 Å². The van der Waals surface area contributed by atoms with E-state index in [2.05, 4.69) is 4.98 Å². The van der Waals surface area contributed by atoms with E-state index in [-0.39, 0.29) is 26.4 Å². The predicted octanol–water partition coefficient (Wildman–Crippen LogP) is 5.27. The van der Waals surface area contributed by atoms with Crippen molar-refractivity contribution in [2.75, 3.05) is 0 Å². The number of carbonyl (C=O) groups is 2. The number of pyridine rings is 1. The molecular weight excluding hydrogens is 458 g/mol. The van der Waals surface area contributed by atoms with Crippen molar-refractivity contribution in [2.45, 2.75) is 26.4 Å². The molecule has 4 bridgehead atoms. The maximum atomic E-state index is 12.8. The highest BCUT2D eigenvalue weighted by Gasteiger charge is 2.17. The van der Waals surface area contributed by atoms with Gasteiger partial charge in [-0.3, -0.25) is 4.98 Å². The molecule has 0 radical (unpaired) electrons. The summed E-state index contributed by atoms with van der Waals surface area (Å²) in [6.45, 7) is 0.441. The van der Waals surface area contributed by atoms with Crippen molar-refractivity contribution < 1.29 is 28.5 Å². The summed E-state index contributed by atoms with van der Waals surface area (Å²) in [6, 6.07) is 26.9. The maximum Gasteiger partial charge on any atom is 0.342 e. The minimum Gasteiger partial charge on any atom is -0.488 e. The molecule has 0 fully saturated rings. The molecule has 7 heteroatoms. The van der Waals surface area contributed by atoms with Crippen molar-refractivity contribution in [1.82, 2.24) is 4.98 Å². The average Bonchev–Trinajstić information content (AvgIpc) is 2.93. The highest BCUT2D eigenvalue weighted by atomic mass is 16.5. The zero-order valence-electron chi connectivity index (χ0n) is 19.4. The Balaban J connectivity index is 1.45. The Morgan fingerprint density at radius 1 is 0.500 bits per heavy atom. The number of carbonyl (C=O) groups excluding carboxylic acids is 2. The number of nitrogens with zero attached hydrogens (tertiary/aromatic N) is 1. The summed E-state index contributed by atoms with van der Waals surface area (Å²) in [7, 11) is 0. The molecule has 5 rings (SSSR count). The van der Waals surface area contributed by atoms with Gasteiger partial charge in [0.2, 0.25) is 0 Å². The number of esters is 2. The number of hydrogen-bond acceptors (Lipinski definition) is 7. The zero-order chi connectivity index (χ0) is 24.7. The summed E-state index contributed by atoms with van der Waals surface area (Å²) in [4.78, 5) is 30.0. The van der Waals surface area contributed by atoms with Gasteiger partial charge in [-0.15, -0.1) is 0 Å². The van der Waals surface area contributed by atoms with Gasteiger partial charge < -0.3 is 18.9 Å². The van der Waals surface area contributed by atoms with Crippen molar-refractivity contribution in [3.63, 3.8) is 0 Å². The second-order valence-corrected chi connectivity index (χ2v) is 8.16. The number of benzene rings is 3.